The van der Waals surface area contributed by atoms with Gasteiger partial charge in [-0.05, 0) is 25.5 Å². The quantitative estimate of drug-likeness (QED) is 0.504. The molecular formula is C16H21NO8S. The number of likely N-dealkylation sites (tertiary alicyclic amines) is 1. The van der Waals surface area contributed by atoms with Crippen LogP contribution in [0.2, 0.25) is 0 Å². The summed E-state index contributed by atoms with van der Waals surface area (Å²) < 4.78 is 34.4. The summed E-state index contributed by atoms with van der Waals surface area (Å²) in [5.41, 5.74) is 0.934. The number of benzene rings is 1. The summed E-state index contributed by atoms with van der Waals surface area (Å²) >= 11 is 0. The van der Waals surface area contributed by atoms with Crippen LogP contribution in [0, 0.1) is 6.92 Å². The Kier molecular flexibility index (Phi) is 6.57. The lowest BCUT2D eigenvalue weighted by atomic mass is 10.2. The first-order valence-electron chi connectivity index (χ1n) is 8.01. The maximum absolute atomic E-state index is 12.0. The normalized spacial score (nSPS) is 20.3. The zero-order chi connectivity index (χ0) is 19.3. The third kappa shape index (κ3) is 5.16. The number of ether oxygens (including phenoxy) is 1. The van der Waals surface area contributed by atoms with E-state index in [-0.39, 0.29) is 37.5 Å². The molecule has 0 radical (unpaired) electrons. The van der Waals surface area contributed by atoms with Crippen LogP contribution in [0.15, 0.2) is 29.2 Å². The molecule has 2 N–H and O–H groups in total. The highest BCUT2D eigenvalue weighted by Crippen LogP contribution is 2.21. The molecule has 1 aliphatic rings. The van der Waals surface area contributed by atoms with Crippen LogP contribution in [-0.4, -0.2) is 67.5 Å². The lowest BCUT2D eigenvalue weighted by molar-refractivity contribution is -0.141. The summed E-state index contributed by atoms with van der Waals surface area (Å²) in [6.45, 7) is 1.86. The van der Waals surface area contributed by atoms with Gasteiger partial charge in [0.15, 0.2) is 0 Å². The van der Waals surface area contributed by atoms with Crippen molar-refractivity contribution in [3.05, 3.63) is 29.8 Å². The molecule has 1 unspecified atom stereocenters. The van der Waals surface area contributed by atoms with E-state index in [1.165, 1.54) is 12.1 Å². The number of rotatable bonds is 8. The molecule has 1 heterocycles. The molecule has 26 heavy (non-hydrogen) atoms. The van der Waals surface area contributed by atoms with Crippen molar-refractivity contribution in [1.29, 1.82) is 0 Å². The molecule has 0 saturated carbocycles. The van der Waals surface area contributed by atoms with Gasteiger partial charge in [0.25, 0.3) is 10.1 Å². The van der Waals surface area contributed by atoms with E-state index in [1.54, 1.807) is 12.1 Å². The second kappa shape index (κ2) is 8.47. The number of carboxylic acids is 1. The van der Waals surface area contributed by atoms with Gasteiger partial charge in [-0.25, -0.2) is 9.59 Å². The fourth-order valence-corrected chi connectivity index (χ4v) is 3.56. The summed E-state index contributed by atoms with van der Waals surface area (Å²) in [4.78, 5) is 23.0. The zero-order valence-corrected chi connectivity index (χ0v) is 15.0. The van der Waals surface area contributed by atoms with Crippen LogP contribution in [0.5, 0.6) is 0 Å². The number of aliphatic carboxylic acids is 1. The highest BCUT2D eigenvalue weighted by atomic mass is 32.2. The molecule has 2 rings (SSSR count). The standard InChI is InChI=1S/C16H21NO8S/c1-11-3-5-13(6-4-11)26(22,23)25-8-2-7-24-12-9-14(15(18)19)17(10-12)16(20)21/h3-6,12,14H,2,7-10H2,1H3,(H,18,19)(H,20,21)/t12?,14-/m0/s1. The van der Waals surface area contributed by atoms with Gasteiger partial charge in [-0.1, -0.05) is 17.7 Å². The fraction of sp³-hybridized carbons (Fsp3) is 0.500. The molecule has 9 nitrogen and oxygen atoms in total. The first kappa shape index (κ1) is 20.1. The highest BCUT2D eigenvalue weighted by Gasteiger charge is 2.40. The van der Waals surface area contributed by atoms with Gasteiger partial charge in [0.05, 0.1) is 24.2 Å². The third-order valence-corrected chi connectivity index (χ3v) is 5.31. The molecule has 0 spiro atoms. The average Bonchev–Trinajstić information content (AvgIpc) is 3.00. The highest BCUT2D eigenvalue weighted by molar-refractivity contribution is 7.86. The molecule has 1 aliphatic heterocycles. The number of carbonyl (C=O) groups is 2. The van der Waals surface area contributed by atoms with Crippen LogP contribution in [0.4, 0.5) is 4.79 Å². The minimum Gasteiger partial charge on any atom is -0.480 e. The predicted molar refractivity (Wildman–Crippen MR) is 89.4 cm³/mol. The van der Waals surface area contributed by atoms with E-state index in [1.807, 2.05) is 6.92 Å². The summed E-state index contributed by atoms with van der Waals surface area (Å²) in [6, 6.07) is 5.15. The minimum absolute atomic E-state index is 0.0329. The van der Waals surface area contributed by atoms with E-state index < -0.39 is 34.3 Å². The lowest BCUT2D eigenvalue weighted by Crippen LogP contribution is -2.39. The maximum atomic E-state index is 12.0. The van der Waals surface area contributed by atoms with Crippen molar-refractivity contribution in [1.82, 2.24) is 4.90 Å². The Bertz CT molecular complexity index is 724. The second-order valence-corrected chi connectivity index (χ2v) is 7.58. The Morgan fingerprint density at radius 2 is 1.85 bits per heavy atom. The lowest BCUT2D eigenvalue weighted by Gasteiger charge is -2.16. The Balaban J connectivity index is 1.75. The van der Waals surface area contributed by atoms with Crippen LogP contribution in [-0.2, 0) is 23.8 Å². The van der Waals surface area contributed by atoms with Crippen molar-refractivity contribution in [3.63, 3.8) is 0 Å². The average molecular weight is 387 g/mol. The summed E-state index contributed by atoms with van der Waals surface area (Å²) in [6.07, 6.45) is -1.52. The first-order valence-corrected chi connectivity index (χ1v) is 9.41. The first-order chi connectivity index (χ1) is 12.2. The van der Waals surface area contributed by atoms with Gasteiger partial charge in [0, 0.05) is 13.0 Å². The van der Waals surface area contributed by atoms with Crippen LogP contribution in [0.1, 0.15) is 18.4 Å². The molecule has 0 bridgehead atoms. The van der Waals surface area contributed by atoms with Crippen LogP contribution in [0.3, 0.4) is 0 Å². The van der Waals surface area contributed by atoms with Gasteiger partial charge < -0.3 is 14.9 Å². The van der Waals surface area contributed by atoms with Crippen LogP contribution in [0.25, 0.3) is 0 Å². The monoisotopic (exact) mass is 387 g/mol. The molecule has 1 amide bonds. The van der Waals surface area contributed by atoms with Crippen LogP contribution < -0.4 is 0 Å². The molecule has 0 aromatic heterocycles. The molecule has 10 heteroatoms. The van der Waals surface area contributed by atoms with Gasteiger partial charge in [-0.3, -0.25) is 9.08 Å². The van der Waals surface area contributed by atoms with Crippen molar-refractivity contribution in [3.8, 4) is 0 Å². The maximum Gasteiger partial charge on any atom is 0.408 e. The Hall–Kier alpha value is -2.17. The summed E-state index contributed by atoms with van der Waals surface area (Å²) in [5.74, 6) is -1.22. The Labute approximate surface area is 151 Å². The van der Waals surface area contributed by atoms with E-state index in [2.05, 4.69) is 0 Å². The van der Waals surface area contributed by atoms with Gasteiger partial charge >= 0.3 is 12.1 Å². The van der Waals surface area contributed by atoms with Crippen molar-refractivity contribution >= 4 is 22.2 Å². The molecule has 1 aromatic rings. The number of carboxylic acid groups (broad SMARTS) is 2. The van der Waals surface area contributed by atoms with E-state index in [4.69, 9.17) is 19.1 Å². The molecular weight excluding hydrogens is 366 g/mol. The van der Waals surface area contributed by atoms with E-state index in [0.29, 0.717) is 0 Å². The van der Waals surface area contributed by atoms with Crippen LogP contribution >= 0.6 is 0 Å². The molecule has 2 atom stereocenters. The van der Waals surface area contributed by atoms with Crippen molar-refractivity contribution in [2.45, 2.75) is 36.8 Å². The van der Waals surface area contributed by atoms with Crippen molar-refractivity contribution < 1.29 is 37.1 Å². The van der Waals surface area contributed by atoms with Gasteiger partial charge in [-0.15, -0.1) is 0 Å². The van der Waals surface area contributed by atoms with Gasteiger partial charge in [0.1, 0.15) is 6.04 Å². The Morgan fingerprint density at radius 3 is 2.38 bits per heavy atom. The molecule has 0 aliphatic carbocycles. The van der Waals surface area contributed by atoms with E-state index in [0.717, 1.165) is 10.5 Å². The molecule has 1 fully saturated rings. The number of amides is 1. The van der Waals surface area contributed by atoms with Gasteiger partial charge in [0.2, 0.25) is 0 Å². The SMILES string of the molecule is Cc1ccc(S(=O)(=O)OCCCOC2C[C@@H](C(=O)O)N(C(=O)O)C2)cc1. The minimum atomic E-state index is -3.84. The van der Waals surface area contributed by atoms with Crippen molar-refractivity contribution in [2.24, 2.45) is 0 Å². The zero-order valence-electron chi connectivity index (χ0n) is 14.2. The Morgan fingerprint density at radius 1 is 1.19 bits per heavy atom. The molecule has 144 valence electrons. The number of aryl methyl sites for hydroxylation is 1. The number of hydrogen-bond acceptors (Lipinski definition) is 6. The fourth-order valence-electron chi connectivity index (χ4n) is 2.61. The van der Waals surface area contributed by atoms with Crippen molar-refractivity contribution in [2.75, 3.05) is 19.8 Å². The van der Waals surface area contributed by atoms with E-state index in [9.17, 15) is 18.0 Å². The molecule has 1 aromatic carbocycles. The number of nitrogens with zero attached hydrogens (tertiary/aromatic N) is 1. The second-order valence-electron chi connectivity index (χ2n) is 5.96. The molecule has 1 saturated heterocycles. The van der Waals surface area contributed by atoms with E-state index >= 15 is 0 Å². The third-order valence-electron chi connectivity index (χ3n) is 3.98. The largest absolute Gasteiger partial charge is 0.480 e. The van der Waals surface area contributed by atoms with Gasteiger partial charge in [-0.2, -0.15) is 8.42 Å². The summed E-state index contributed by atoms with van der Waals surface area (Å²) in [7, 11) is -3.84. The topological polar surface area (TPSA) is 130 Å². The number of hydrogen-bond donors (Lipinski definition) is 2. The summed E-state index contributed by atoms with van der Waals surface area (Å²) in [5, 5.41) is 18.0. The smallest absolute Gasteiger partial charge is 0.408 e. The predicted octanol–water partition coefficient (Wildman–Crippen LogP) is 1.31.